The van der Waals surface area contributed by atoms with Crippen molar-refractivity contribution in [3.63, 3.8) is 0 Å². The minimum atomic E-state index is -0.633. The zero-order valence-corrected chi connectivity index (χ0v) is 12.8. The summed E-state index contributed by atoms with van der Waals surface area (Å²) in [6.45, 7) is 7.59. The quantitative estimate of drug-likeness (QED) is 0.860. The maximum Gasteiger partial charge on any atom is 0.492 e. The van der Waals surface area contributed by atoms with E-state index < -0.39 is 18.3 Å². The second-order valence-electron chi connectivity index (χ2n) is 6.02. The fourth-order valence-electron chi connectivity index (χ4n) is 2.01. The number of aromatic nitrogens is 1. The molecule has 0 atom stereocenters. The number of rotatable bonds is 3. The van der Waals surface area contributed by atoms with Crippen molar-refractivity contribution in [2.24, 2.45) is 0 Å². The zero-order valence-electron chi connectivity index (χ0n) is 12.8. The van der Waals surface area contributed by atoms with Gasteiger partial charge in [-0.05, 0) is 39.2 Å². The molecule has 1 aliphatic rings. The minimum absolute atomic E-state index is 0.212. The molecule has 1 saturated heterocycles. The summed E-state index contributed by atoms with van der Waals surface area (Å²) in [6.07, 6.45) is 3.26. The van der Waals surface area contributed by atoms with Crippen molar-refractivity contribution < 1.29 is 14.4 Å². The van der Waals surface area contributed by atoms with Crippen LogP contribution in [-0.4, -0.2) is 35.0 Å². The van der Waals surface area contributed by atoms with Gasteiger partial charge in [-0.3, -0.25) is 0 Å². The highest BCUT2D eigenvalue weighted by Gasteiger charge is 2.52. The van der Waals surface area contributed by atoms with Gasteiger partial charge in [-0.2, -0.15) is 5.26 Å². The molecule has 2 heterocycles. The Kier molecular flexibility index (Phi) is 4.19. The van der Waals surface area contributed by atoms with E-state index in [1.54, 1.807) is 24.4 Å². The Labute approximate surface area is 125 Å². The van der Waals surface area contributed by atoms with Gasteiger partial charge in [0.2, 0.25) is 0 Å². The highest BCUT2D eigenvalue weighted by molar-refractivity contribution is 6.55. The monoisotopic (exact) mass is 286 g/mol. The fourth-order valence-corrected chi connectivity index (χ4v) is 2.01. The molecule has 5 nitrogen and oxygen atoms in total. The lowest BCUT2D eigenvalue weighted by atomic mass is 9.77. The topological polar surface area (TPSA) is 75.4 Å². The first-order valence-corrected chi connectivity index (χ1v) is 6.83. The van der Waals surface area contributed by atoms with E-state index >= 15 is 0 Å². The maximum atomic E-state index is 9.62. The minimum Gasteiger partial charge on any atom is -0.400 e. The molecule has 110 valence electrons. The molecule has 1 fully saturated rings. The largest absolute Gasteiger partial charge is 0.492 e. The smallest absolute Gasteiger partial charge is 0.400 e. The summed E-state index contributed by atoms with van der Waals surface area (Å²) in [5, 5.41) is 18.7. The Hall–Kier alpha value is -1.68. The summed E-state index contributed by atoms with van der Waals surface area (Å²) < 4.78 is 11.8. The molecule has 0 saturated carbocycles. The van der Waals surface area contributed by atoms with Crippen LogP contribution in [0.25, 0.3) is 6.08 Å². The Morgan fingerprint density at radius 3 is 2.52 bits per heavy atom. The zero-order chi connectivity index (χ0) is 15.7. The number of hydrogen-bond donors (Lipinski definition) is 1. The number of aliphatic hydroxyl groups is 1. The molecule has 1 aliphatic heterocycles. The summed E-state index contributed by atoms with van der Waals surface area (Å²) in [5.74, 6) is 0. The molecule has 0 amide bonds. The average molecular weight is 286 g/mol. The predicted octanol–water partition coefficient (Wildman–Crippen LogP) is 1.96. The molecule has 0 spiro atoms. The van der Waals surface area contributed by atoms with Gasteiger partial charge >= 0.3 is 7.12 Å². The molecule has 2 rings (SSSR count). The summed E-state index contributed by atoms with van der Waals surface area (Å²) in [5.41, 5.74) is 0.564. The molecule has 0 aromatic carbocycles. The molecule has 0 bridgehead atoms. The van der Waals surface area contributed by atoms with Gasteiger partial charge in [-0.15, -0.1) is 0 Å². The van der Waals surface area contributed by atoms with Gasteiger partial charge in [-0.1, -0.05) is 12.1 Å². The molecule has 1 aromatic heterocycles. The van der Waals surface area contributed by atoms with Crippen LogP contribution in [0.15, 0.2) is 23.8 Å². The Balaban J connectivity index is 2.34. The van der Waals surface area contributed by atoms with E-state index in [9.17, 15) is 5.11 Å². The van der Waals surface area contributed by atoms with Gasteiger partial charge in [0.1, 0.15) is 11.8 Å². The molecule has 21 heavy (non-hydrogen) atoms. The van der Waals surface area contributed by atoms with Gasteiger partial charge in [0.25, 0.3) is 0 Å². The van der Waals surface area contributed by atoms with Gasteiger partial charge in [0.15, 0.2) is 0 Å². The van der Waals surface area contributed by atoms with Crippen LogP contribution in [0.3, 0.4) is 0 Å². The van der Waals surface area contributed by atoms with Gasteiger partial charge in [0, 0.05) is 11.8 Å². The van der Waals surface area contributed by atoms with Gasteiger partial charge in [0.05, 0.1) is 17.8 Å². The first-order valence-electron chi connectivity index (χ1n) is 6.83. The fraction of sp³-hybridized carbons (Fsp3) is 0.467. The van der Waals surface area contributed by atoms with Crippen molar-refractivity contribution in [3.05, 3.63) is 35.1 Å². The highest BCUT2D eigenvalue weighted by Crippen LogP contribution is 2.38. The lowest BCUT2D eigenvalue weighted by Gasteiger charge is -2.32. The standard InChI is InChI=1S/C15H19BN2O3/c1-14(2)15(3,4)21-16(20-14)12(10-19)8-11-6-5-7-18-13(11)9-17/h5-8,19H,10H2,1-4H3. The van der Waals surface area contributed by atoms with Crippen LogP contribution < -0.4 is 0 Å². The van der Waals surface area contributed by atoms with E-state index in [0.717, 1.165) is 0 Å². The van der Waals surface area contributed by atoms with Crippen molar-refractivity contribution in [1.29, 1.82) is 5.26 Å². The Morgan fingerprint density at radius 1 is 1.38 bits per heavy atom. The summed E-state index contributed by atoms with van der Waals surface area (Å²) in [6, 6.07) is 5.54. The number of hydrogen-bond acceptors (Lipinski definition) is 5. The second kappa shape index (κ2) is 5.61. The van der Waals surface area contributed by atoms with Crippen LogP contribution in [-0.2, 0) is 9.31 Å². The average Bonchev–Trinajstić information content (AvgIpc) is 2.65. The molecule has 0 unspecified atom stereocenters. The van der Waals surface area contributed by atoms with Crippen LogP contribution in [0.5, 0.6) is 0 Å². The Bertz CT molecular complexity index is 589. The molecule has 1 N–H and O–H groups in total. The third-order valence-corrected chi connectivity index (χ3v) is 4.02. The van der Waals surface area contributed by atoms with Crippen LogP contribution in [0.2, 0.25) is 0 Å². The molecular formula is C15H19BN2O3. The Morgan fingerprint density at radius 2 is 2.00 bits per heavy atom. The van der Waals surface area contributed by atoms with Crippen molar-refractivity contribution >= 4 is 13.2 Å². The number of nitriles is 1. The molecular weight excluding hydrogens is 267 g/mol. The van der Waals surface area contributed by atoms with E-state index in [2.05, 4.69) is 4.98 Å². The SMILES string of the molecule is CC1(C)OB(C(=Cc2cccnc2C#N)CO)OC1(C)C. The predicted molar refractivity (Wildman–Crippen MR) is 80.1 cm³/mol. The molecule has 0 radical (unpaired) electrons. The van der Waals surface area contributed by atoms with Crippen LogP contribution in [0.1, 0.15) is 39.0 Å². The molecule has 6 heteroatoms. The van der Waals surface area contributed by atoms with Crippen molar-refractivity contribution in [2.45, 2.75) is 38.9 Å². The first-order chi connectivity index (χ1) is 9.80. The van der Waals surface area contributed by atoms with Gasteiger partial charge in [-0.25, -0.2) is 4.98 Å². The van der Waals surface area contributed by atoms with E-state index in [-0.39, 0.29) is 6.61 Å². The van der Waals surface area contributed by atoms with E-state index in [4.69, 9.17) is 14.6 Å². The third kappa shape index (κ3) is 3.00. The van der Waals surface area contributed by atoms with E-state index in [1.165, 1.54) is 0 Å². The van der Waals surface area contributed by atoms with E-state index in [0.29, 0.717) is 16.7 Å². The number of nitrogens with zero attached hydrogens (tertiary/aromatic N) is 2. The summed E-state index contributed by atoms with van der Waals surface area (Å²) in [4.78, 5) is 4.00. The van der Waals surface area contributed by atoms with E-state index in [1.807, 2.05) is 33.8 Å². The normalized spacial score (nSPS) is 20.4. The van der Waals surface area contributed by atoms with Crippen molar-refractivity contribution in [3.8, 4) is 6.07 Å². The number of aliphatic hydroxyl groups excluding tert-OH is 1. The van der Waals surface area contributed by atoms with Crippen LogP contribution in [0, 0.1) is 11.3 Å². The van der Waals surface area contributed by atoms with Gasteiger partial charge < -0.3 is 14.4 Å². The van der Waals surface area contributed by atoms with Crippen LogP contribution >= 0.6 is 0 Å². The lowest BCUT2D eigenvalue weighted by molar-refractivity contribution is 0.00578. The first kappa shape index (κ1) is 15.7. The highest BCUT2D eigenvalue weighted by atomic mass is 16.7. The third-order valence-electron chi connectivity index (χ3n) is 4.02. The second-order valence-corrected chi connectivity index (χ2v) is 6.02. The summed E-state index contributed by atoms with van der Waals surface area (Å²) >= 11 is 0. The van der Waals surface area contributed by atoms with Crippen LogP contribution in [0.4, 0.5) is 0 Å². The molecule has 1 aromatic rings. The lowest BCUT2D eigenvalue weighted by Crippen LogP contribution is -2.41. The summed E-state index contributed by atoms with van der Waals surface area (Å²) in [7, 11) is -0.633. The van der Waals surface area contributed by atoms with Crippen molar-refractivity contribution in [2.75, 3.05) is 6.61 Å². The number of pyridine rings is 1. The van der Waals surface area contributed by atoms with Crippen molar-refractivity contribution in [1.82, 2.24) is 4.98 Å². The molecule has 0 aliphatic carbocycles. The maximum absolute atomic E-state index is 9.62.